The number of Topliss-reactive ketones (excluding diaryl/α,β-unsaturated/α-hetero) is 3. The van der Waals surface area contributed by atoms with Gasteiger partial charge in [-0.25, -0.2) is 0 Å². The van der Waals surface area contributed by atoms with Crippen LogP contribution in [0.1, 0.15) is 41.3 Å². The predicted octanol–water partition coefficient (Wildman–Crippen LogP) is 1.02. The largest absolute Gasteiger partial charge is 0.510 e. The first-order valence-corrected chi connectivity index (χ1v) is 13.4. The number of fused-ring (bicyclic) bond motifs is 3. The van der Waals surface area contributed by atoms with Crippen LogP contribution >= 0.6 is 0 Å². The number of amides is 1. The number of rotatable bonds is 5. The van der Waals surface area contributed by atoms with E-state index in [2.05, 4.69) is 0 Å². The minimum atomic E-state index is -2.60. The fourth-order valence-electron chi connectivity index (χ4n) is 6.86. The number of carbonyl (C=O) groups is 4. The second kappa shape index (κ2) is 10.1. The topological polar surface area (TPSA) is 165 Å². The number of phenolic OH excluding ortho intramolecular Hbond substituents is 1. The Labute approximate surface area is 231 Å². The van der Waals surface area contributed by atoms with Crippen LogP contribution in [0.4, 0.5) is 0 Å². The highest BCUT2D eigenvalue weighted by Gasteiger charge is 2.63. The lowest BCUT2D eigenvalue weighted by atomic mass is 9.58. The summed E-state index contributed by atoms with van der Waals surface area (Å²) in [5.74, 6) is -5.99. The molecule has 0 saturated carbocycles. The number of nitrogens with zero attached hydrogens (tertiary/aromatic N) is 2. The second-order valence-corrected chi connectivity index (χ2v) is 11.2. The van der Waals surface area contributed by atoms with Crippen LogP contribution in [0, 0.1) is 11.8 Å². The van der Waals surface area contributed by atoms with Gasteiger partial charge in [0.25, 0.3) is 0 Å². The number of benzene rings is 1. The summed E-state index contributed by atoms with van der Waals surface area (Å²) in [6.45, 7) is 3.09. The van der Waals surface area contributed by atoms with Gasteiger partial charge in [0.15, 0.2) is 17.2 Å². The number of morpholine rings is 1. The van der Waals surface area contributed by atoms with E-state index < -0.39 is 57.9 Å². The molecule has 1 fully saturated rings. The Morgan fingerprint density at radius 2 is 1.80 bits per heavy atom. The molecule has 0 unspecified atom stereocenters. The van der Waals surface area contributed by atoms with Crippen molar-refractivity contribution in [3.8, 4) is 5.75 Å². The van der Waals surface area contributed by atoms with Crippen LogP contribution in [-0.4, -0.2) is 106 Å². The SMILES string of the molecule is CC(=O)C1=C(O)[C@@H](N(C)C)[C@@H]2C[C@@H]3Cc4c(CCC(=O)N5CCOCC5)ccc(O)c4C(=O)C3=C(O)[C@]2(O)C1=O. The Bertz CT molecular complexity index is 1370. The third-order valence-corrected chi connectivity index (χ3v) is 8.78. The summed E-state index contributed by atoms with van der Waals surface area (Å²) in [6.07, 6.45) is 0.797. The molecule has 1 heterocycles. The minimum Gasteiger partial charge on any atom is -0.510 e. The monoisotopic (exact) mass is 554 g/mol. The van der Waals surface area contributed by atoms with Gasteiger partial charge in [0.2, 0.25) is 11.7 Å². The maximum Gasteiger partial charge on any atom is 0.223 e. The van der Waals surface area contributed by atoms with Crippen molar-refractivity contribution >= 4 is 23.3 Å². The third-order valence-electron chi connectivity index (χ3n) is 8.78. The number of aryl methyl sites for hydroxylation is 1. The Kier molecular flexibility index (Phi) is 7.10. The first-order valence-electron chi connectivity index (χ1n) is 13.4. The molecular formula is C29H34N2O9. The van der Waals surface area contributed by atoms with Crippen molar-refractivity contribution in [3.05, 3.63) is 51.5 Å². The first kappa shape index (κ1) is 28.0. The lowest BCUT2D eigenvalue weighted by molar-refractivity contribution is -0.148. The second-order valence-electron chi connectivity index (χ2n) is 11.2. The fraction of sp³-hybridized carbons (Fsp3) is 0.517. The molecule has 11 nitrogen and oxygen atoms in total. The Morgan fingerprint density at radius 1 is 1.12 bits per heavy atom. The van der Waals surface area contributed by atoms with Gasteiger partial charge in [-0.2, -0.15) is 0 Å². The van der Waals surface area contributed by atoms with Crippen LogP contribution in [-0.2, 0) is 32.0 Å². The molecule has 1 aromatic carbocycles. The van der Waals surface area contributed by atoms with Crippen molar-refractivity contribution in [1.82, 2.24) is 9.80 Å². The van der Waals surface area contributed by atoms with Crippen LogP contribution in [0.5, 0.6) is 5.75 Å². The van der Waals surface area contributed by atoms with Crippen LogP contribution in [0.25, 0.3) is 0 Å². The van der Waals surface area contributed by atoms with Crippen molar-refractivity contribution in [1.29, 1.82) is 0 Å². The Morgan fingerprint density at radius 3 is 2.42 bits per heavy atom. The summed E-state index contributed by atoms with van der Waals surface area (Å²) < 4.78 is 5.31. The number of aliphatic hydroxyl groups excluding tert-OH is 2. The lowest BCUT2D eigenvalue weighted by Gasteiger charge is -2.50. The molecule has 1 aromatic rings. The van der Waals surface area contributed by atoms with E-state index in [1.165, 1.54) is 6.07 Å². The summed E-state index contributed by atoms with van der Waals surface area (Å²) in [6, 6.07) is 2.07. The van der Waals surface area contributed by atoms with Crippen LogP contribution in [0.15, 0.2) is 34.8 Å². The zero-order valence-corrected chi connectivity index (χ0v) is 22.8. The number of ketones is 3. The molecule has 214 valence electrons. The highest BCUT2D eigenvalue weighted by atomic mass is 16.5. The molecule has 4 N–H and O–H groups in total. The smallest absolute Gasteiger partial charge is 0.223 e. The lowest BCUT2D eigenvalue weighted by Crippen LogP contribution is -2.63. The molecule has 4 aliphatic rings. The van der Waals surface area contributed by atoms with Gasteiger partial charge < -0.3 is 30.1 Å². The number of hydrogen-bond acceptors (Lipinski definition) is 10. The molecule has 1 amide bonds. The van der Waals surface area contributed by atoms with E-state index in [4.69, 9.17) is 4.74 Å². The van der Waals surface area contributed by atoms with Crippen LogP contribution in [0.3, 0.4) is 0 Å². The van der Waals surface area contributed by atoms with E-state index in [0.717, 1.165) is 6.92 Å². The van der Waals surface area contributed by atoms with Gasteiger partial charge in [0.1, 0.15) is 22.8 Å². The number of allylic oxidation sites excluding steroid dienone is 1. The Hall–Kier alpha value is -3.54. The normalized spacial score (nSPS) is 28.4. The van der Waals surface area contributed by atoms with E-state index in [0.29, 0.717) is 43.9 Å². The molecule has 0 radical (unpaired) electrons. The standard InChI is InChI=1S/C29H34N2O9/c1-14(32)21-26(36)24(30(2)3)18-13-16-12-17-15(5-7-20(34)31-8-10-40-11-9-31)4-6-19(33)23(17)25(35)22(16)28(38)29(18,39)27(21)37/h4,6,16,18,24,33,36,38-39H,5,7-13H2,1-3H3/t16-,18-,24-,29+/m0/s1. The third kappa shape index (κ3) is 4.15. The minimum absolute atomic E-state index is 0.0335. The predicted molar refractivity (Wildman–Crippen MR) is 141 cm³/mol. The number of aliphatic hydroxyl groups is 3. The zero-order valence-electron chi connectivity index (χ0n) is 22.8. The van der Waals surface area contributed by atoms with Gasteiger partial charge in [0.05, 0.1) is 24.8 Å². The summed E-state index contributed by atoms with van der Waals surface area (Å²) in [4.78, 5) is 55.6. The van der Waals surface area contributed by atoms with Gasteiger partial charge in [-0.1, -0.05) is 6.07 Å². The van der Waals surface area contributed by atoms with E-state index in [9.17, 15) is 39.6 Å². The molecule has 5 rings (SSSR count). The quantitative estimate of drug-likeness (QED) is 0.386. The zero-order chi connectivity index (χ0) is 29.1. The van der Waals surface area contributed by atoms with Crippen molar-refractivity contribution < 1.29 is 44.3 Å². The molecule has 40 heavy (non-hydrogen) atoms. The van der Waals surface area contributed by atoms with Crippen molar-refractivity contribution in [2.24, 2.45) is 11.8 Å². The average Bonchev–Trinajstić information content (AvgIpc) is 2.90. The molecular weight excluding hydrogens is 520 g/mol. The maximum atomic E-state index is 13.8. The highest BCUT2D eigenvalue weighted by Crippen LogP contribution is 2.52. The summed E-state index contributed by atoms with van der Waals surface area (Å²) >= 11 is 0. The molecule has 0 spiro atoms. The van der Waals surface area contributed by atoms with E-state index >= 15 is 0 Å². The van der Waals surface area contributed by atoms with Crippen molar-refractivity contribution in [2.75, 3.05) is 40.4 Å². The molecule has 4 atom stereocenters. The highest BCUT2D eigenvalue weighted by molar-refractivity contribution is 6.25. The first-order chi connectivity index (χ1) is 18.9. The van der Waals surface area contributed by atoms with Gasteiger partial charge in [0, 0.05) is 31.0 Å². The van der Waals surface area contributed by atoms with Gasteiger partial charge in [-0.05, 0) is 63.4 Å². The van der Waals surface area contributed by atoms with Crippen molar-refractivity contribution in [3.63, 3.8) is 0 Å². The summed E-state index contributed by atoms with van der Waals surface area (Å²) in [7, 11) is 3.24. The maximum absolute atomic E-state index is 13.8. The number of aromatic hydroxyl groups is 1. The van der Waals surface area contributed by atoms with Crippen LogP contribution < -0.4 is 0 Å². The Balaban J connectivity index is 1.55. The molecule has 3 aliphatic carbocycles. The number of likely N-dealkylation sites (N-methyl/N-ethyl adjacent to an activating group) is 1. The number of hydrogen-bond donors (Lipinski definition) is 4. The summed E-state index contributed by atoms with van der Waals surface area (Å²) in [5.41, 5.74) is -2.15. The molecule has 11 heteroatoms. The summed E-state index contributed by atoms with van der Waals surface area (Å²) in [5, 5.41) is 44.8. The number of ether oxygens (including phenoxy) is 1. The van der Waals surface area contributed by atoms with Gasteiger partial charge >= 0.3 is 0 Å². The number of phenols is 1. The van der Waals surface area contributed by atoms with Crippen LogP contribution in [0.2, 0.25) is 0 Å². The molecule has 1 saturated heterocycles. The fourth-order valence-corrected chi connectivity index (χ4v) is 6.86. The van der Waals surface area contributed by atoms with Gasteiger partial charge in [-0.3, -0.25) is 24.1 Å². The van der Waals surface area contributed by atoms with Gasteiger partial charge in [-0.15, -0.1) is 0 Å². The van der Waals surface area contributed by atoms with E-state index in [1.54, 1.807) is 30.0 Å². The van der Waals surface area contributed by atoms with E-state index in [1.807, 2.05) is 0 Å². The van der Waals surface area contributed by atoms with E-state index in [-0.39, 0.29) is 42.1 Å². The molecule has 0 bridgehead atoms. The number of carbonyl (C=O) groups excluding carboxylic acids is 4. The molecule has 0 aromatic heterocycles. The van der Waals surface area contributed by atoms with Crippen molar-refractivity contribution in [2.45, 2.75) is 44.2 Å². The average molecular weight is 555 g/mol. The molecule has 1 aliphatic heterocycles.